The van der Waals surface area contributed by atoms with Crippen molar-refractivity contribution >= 4 is 23.3 Å². The Balaban J connectivity index is 1.31. The molecule has 2 aromatic carbocycles. The lowest BCUT2D eigenvalue weighted by Crippen LogP contribution is -2.51. The molecule has 3 N–H and O–H groups in total. The Morgan fingerprint density at radius 2 is 1.77 bits per heavy atom. The number of rotatable bonds is 13. The average Bonchev–Trinajstić information content (AvgIpc) is 3.41. The maximum atomic E-state index is 12.8. The number of thiazole rings is 1. The number of aromatic nitrogens is 1. The number of nitrogens with one attached hydrogen (secondary N) is 2. The summed E-state index contributed by atoms with van der Waals surface area (Å²) in [6.07, 6.45) is 3.95. The molecule has 0 bridgehead atoms. The minimum Gasteiger partial charge on any atom is -0.449 e. The van der Waals surface area contributed by atoms with E-state index in [9.17, 15) is 14.7 Å². The van der Waals surface area contributed by atoms with Crippen molar-refractivity contribution in [1.82, 2.24) is 15.6 Å². The van der Waals surface area contributed by atoms with E-state index in [0.29, 0.717) is 6.42 Å². The van der Waals surface area contributed by atoms with Gasteiger partial charge in [-0.1, -0.05) is 86.8 Å². The van der Waals surface area contributed by atoms with Crippen molar-refractivity contribution < 1.29 is 19.4 Å². The molecular weight excluding hydrogens is 510 g/mol. The standard InChI is InChI=1S/C31H39N3O4S/c1-3-4-16-25(28(35)29(36)32-22(2)23-12-7-5-8-13-23)34-30(37)38-21-31(17-11-18-31)19-27-33-26(20-39-27)24-14-9-6-10-15-24/h5-10,12-15,20,22,25,28,35H,3-4,11,16-19,21H2,1-2H3,(H,32,36)(H,34,37)/t22-,25+,28?/m1/s1. The van der Waals surface area contributed by atoms with Gasteiger partial charge >= 0.3 is 6.09 Å². The van der Waals surface area contributed by atoms with Gasteiger partial charge in [0.25, 0.3) is 5.91 Å². The van der Waals surface area contributed by atoms with Gasteiger partial charge in [-0.05, 0) is 31.7 Å². The average molecular weight is 550 g/mol. The first-order chi connectivity index (χ1) is 18.9. The Morgan fingerprint density at radius 1 is 1.08 bits per heavy atom. The van der Waals surface area contributed by atoms with Crippen molar-refractivity contribution in [2.75, 3.05) is 6.61 Å². The van der Waals surface area contributed by atoms with E-state index in [4.69, 9.17) is 9.72 Å². The molecule has 1 heterocycles. The monoisotopic (exact) mass is 549 g/mol. The van der Waals surface area contributed by atoms with Crippen LogP contribution in [0.1, 0.15) is 69.0 Å². The van der Waals surface area contributed by atoms with Gasteiger partial charge in [-0.2, -0.15) is 0 Å². The molecule has 0 radical (unpaired) electrons. The Hall–Kier alpha value is -3.23. The van der Waals surface area contributed by atoms with Crippen LogP contribution in [-0.4, -0.2) is 40.8 Å². The first-order valence-corrected chi connectivity index (χ1v) is 14.7. The molecular formula is C31H39N3O4S. The predicted molar refractivity (Wildman–Crippen MR) is 154 cm³/mol. The maximum Gasteiger partial charge on any atom is 0.407 e. The van der Waals surface area contributed by atoms with Crippen molar-refractivity contribution in [3.8, 4) is 11.3 Å². The molecule has 7 nitrogen and oxygen atoms in total. The number of carbonyl (C=O) groups is 2. The van der Waals surface area contributed by atoms with Crippen LogP contribution in [0.2, 0.25) is 0 Å². The summed E-state index contributed by atoms with van der Waals surface area (Å²) in [6.45, 7) is 4.18. The lowest BCUT2D eigenvalue weighted by atomic mass is 9.67. The van der Waals surface area contributed by atoms with Gasteiger partial charge in [0.05, 0.1) is 29.4 Å². The van der Waals surface area contributed by atoms with Crippen LogP contribution in [0, 0.1) is 5.41 Å². The fourth-order valence-electron chi connectivity index (χ4n) is 4.95. The van der Waals surface area contributed by atoms with E-state index < -0.39 is 24.1 Å². The molecule has 1 saturated carbocycles. The SMILES string of the molecule is CCCC[C@H](NC(=O)OCC1(Cc2nc(-c3ccccc3)cs2)CCC1)C(O)C(=O)N[C@H](C)c1ccccc1. The van der Waals surface area contributed by atoms with Crippen LogP contribution in [0.3, 0.4) is 0 Å². The highest BCUT2D eigenvalue weighted by molar-refractivity contribution is 7.09. The maximum absolute atomic E-state index is 12.8. The molecule has 208 valence electrons. The van der Waals surface area contributed by atoms with E-state index in [2.05, 4.69) is 28.1 Å². The number of alkyl carbamates (subject to hydrolysis) is 1. The van der Waals surface area contributed by atoms with Crippen LogP contribution in [-0.2, 0) is 16.0 Å². The minimum atomic E-state index is -1.38. The van der Waals surface area contributed by atoms with Crippen molar-refractivity contribution in [2.24, 2.45) is 5.41 Å². The molecule has 1 fully saturated rings. The summed E-state index contributed by atoms with van der Waals surface area (Å²) in [5, 5.41) is 19.6. The number of benzene rings is 2. The quantitative estimate of drug-likeness (QED) is 0.241. The Morgan fingerprint density at radius 3 is 2.41 bits per heavy atom. The van der Waals surface area contributed by atoms with Crippen molar-refractivity contribution in [1.29, 1.82) is 0 Å². The molecule has 0 saturated heterocycles. The number of unbranched alkanes of at least 4 members (excludes halogenated alkanes) is 1. The number of hydrogen-bond donors (Lipinski definition) is 3. The molecule has 3 aromatic rings. The second kappa shape index (κ2) is 13.7. The highest BCUT2D eigenvalue weighted by Gasteiger charge is 2.40. The van der Waals surface area contributed by atoms with Crippen LogP contribution >= 0.6 is 11.3 Å². The second-order valence-electron chi connectivity index (χ2n) is 10.6. The fraction of sp³-hybridized carbons (Fsp3) is 0.452. The largest absolute Gasteiger partial charge is 0.449 e. The van der Waals surface area contributed by atoms with E-state index in [-0.39, 0.29) is 18.1 Å². The zero-order chi connectivity index (χ0) is 27.7. The Labute approximate surface area is 235 Å². The first kappa shape index (κ1) is 28.8. The molecule has 1 aromatic heterocycles. The van der Waals surface area contributed by atoms with Crippen LogP contribution in [0.15, 0.2) is 66.0 Å². The fourth-order valence-corrected chi connectivity index (χ4v) is 5.93. The third kappa shape index (κ3) is 7.90. The molecule has 1 aliphatic carbocycles. The molecule has 4 rings (SSSR count). The van der Waals surface area contributed by atoms with E-state index in [1.165, 1.54) is 0 Å². The lowest BCUT2D eigenvalue weighted by molar-refractivity contribution is -0.131. The third-order valence-electron chi connectivity index (χ3n) is 7.55. The topological polar surface area (TPSA) is 101 Å². The highest BCUT2D eigenvalue weighted by atomic mass is 32.1. The zero-order valence-corrected chi connectivity index (χ0v) is 23.6. The summed E-state index contributed by atoms with van der Waals surface area (Å²) in [4.78, 5) is 30.5. The first-order valence-electron chi connectivity index (χ1n) is 13.9. The van der Waals surface area contributed by atoms with E-state index in [1.54, 1.807) is 11.3 Å². The van der Waals surface area contributed by atoms with Crippen LogP contribution in [0.5, 0.6) is 0 Å². The Kier molecular flexibility index (Phi) is 10.1. The number of ether oxygens (including phenoxy) is 1. The smallest absolute Gasteiger partial charge is 0.407 e. The lowest BCUT2D eigenvalue weighted by Gasteiger charge is -2.40. The molecule has 1 unspecified atom stereocenters. The van der Waals surface area contributed by atoms with E-state index >= 15 is 0 Å². The summed E-state index contributed by atoms with van der Waals surface area (Å²) >= 11 is 1.64. The van der Waals surface area contributed by atoms with Gasteiger partial charge in [-0.3, -0.25) is 4.79 Å². The van der Waals surface area contributed by atoms with Gasteiger partial charge in [-0.25, -0.2) is 9.78 Å². The number of carbonyl (C=O) groups excluding carboxylic acids is 2. The molecule has 0 aliphatic heterocycles. The van der Waals surface area contributed by atoms with Crippen molar-refractivity contribution in [3.05, 3.63) is 76.6 Å². The minimum absolute atomic E-state index is 0.122. The summed E-state index contributed by atoms with van der Waals surface area (Å²) in [6, 6.07) is 18.7. The molecule has 8 heteroatoms. The normalized spacial score (nSPS) is 16.4. The van der Waals surface area contributed by atoms with Crippen LogP contribution in [0.4, 0.5) is 4.79 Å². The van der Waals surface area contributed by atoms with Gasteiger partial charge in [0.1, 0.15) is 0 Å². The van der Waals surface area contributed by atoms with Gasteiger partial charge < -0.3 is 20.5 Å². The van der Waals surface area contributed by atoms with E-state index in [0.717, 1.165) is 60.4 Å². The van der Waals surface area contributed by atoms with Crippen LogP contribution in [0.25, 0.3) is 11.3 Å². The van der Waals surface area contributed by atoms with E-state index in [1.807, 2.05) is 62.4 Å². The van der Waals surface area contributed by atoms with Crippen molar-refractivity contribution in [2.45, 2.75) is 77.0 Å². The number of aliphatic hydroxyl groups is 1. The molecule has 3 atom stereocenters. The van der Waals surface area contributed by atoms with Gasteiger partial charge in [0.15, 0.2) is 6.10 Å². The van der Waals surface area contributed by atoms with Gasteiger partial charge in [0.2, 0.25) is 0 Å². The predicted octanol–water partition coefficient (Wildman–Crippen LogP) is 6.05. The zero-order valence-electron chi connectivity index (χ0n) is 22.8. The van der Waals surface area contributed by atoms with Crippen molar-refractivity contribution in [3.63, 3.8) is 0 Å². The summed E-state index contributed by atoms with van der Waals surface area (Å²) < 4.78 is 5.69. The Bertz CT molecular complexity index is 1200. The summed E-state index contributed by atoms with van der Waals surface area (Å²) in [7, 11) is 0. The highest BCUT2D eigenvalue weighted by Crippen LogP contribution is 2.44. The number of hydrogen-bond acceptors (Lipinski definition) is 6. The number of amides is 2. The van der Waals surface area contributed by atoms with Gasteiger partial charge in [0, 0.05) is 22.8 Å². The number of nitrogens with zero attached hydrogens (tertiary/aromatic N) is 1. The third-order valence-corrected chi connectivity index (χ3v) is 8.40. The summed E-state index contributed by atoms with van der Waals surface area (Å²) in [5.41, 5.74) is 2.88. The molecule has 0 spiro atoms. The molecule has 39 heavy (non-hydrogen) atoms. The molecule has 1 aliphatic rings. The van der Waals surface area contributed by atoms with Gasteiger partial charge in [-0.15, -0.1) is 11.3 Å². The second-order valence-corrected chi connectivity index (χ2v) is 11.5. The molecule has 2 amide bonds. The summed E-state index contributed by atoms with van der Waals surface area (Å²) in [5.74, 6) is -0.513. The number of aliphatic hydroxyl groups excluding tert-OH is 1. The van der Waals surface area contributed by atoms with Crippen LogP contribution < -0.4 is 10.6 Å².